The first kappa shape index (κ1) is 13.9. The fraction of sp³-hybridized carbons (Fsp3) is 0.188. The standard InChI is InChI=1S/C16H15ClN2O2/c1-9-3-5-10(6-4-9)21-14-8-13-11(7-12(14)17)15(18-2)16(20)19-13/h3-8,15,18H,1-2H3,(H,19,20). The lowest BCUT2D eigenvalue weighted by molar-refractivity contribution is -0.117. The van der Waals surface area contributed by atoms with Gasteiger partial charge >= 0.3 is 0 Å². The van der Waals surface area contributed by atoms with Crippen molar-refractivity contribution in [2.45, 2.75) is 13.0 Å². The molecular formula is C16H15ClN2O2. The second kappa shape index (κ2) is 5.39. The first-order valence-electron chi connectivity index (χ1n) is 6.64. The van der Waals surface area contributed by atoms with E-state index in [1.165, 1.54) is 0 Å². The fourth-order valence-corrected chi connectivity index (χ4v) is 2.57. The lowest BCUT2D eigenvalue weighted by Crippen LogP contribution is -2.23. The van der Waals surface area contributed by atoms with Crippen LogP contribution in [0.3, 0.4) is 0 Å². The second-order valence-electron chi connectivity index (χ2n) is 5.00. The summed E-state index contributed by atoms with van der Waals surface area (Å²) in [7, 11) is 1.74. The van der Waals surface area contributed by atoms with Crippen molar-refractivity contribution in [3.05, 3.63) is 52.5 Å². The molecule has 1 heterocycles. The first-order valence-corrected chi connectivity index (χ1v) is 7.02. The van der Waals surface area contributed by atoms with Gasteiger partial charge in [0, 0.05) is 17.3 Å². The van der Waals surface area contributed by atoms with E-state index >= 15 is 0 Å². The highest BCUT2D eigenvalue weighted by molar-refractivity contribution is 6.32. The van der Waals surface area contributed by atoms with Crippen LogP contribution in [0, 0.1) is 6.92 Å². The number of amides is 1. The van der Waals surface area contributed by atoms with Gasteiger partial charge < -0.3 is 15.4 Å². The Hall–Kier alpha value is -2.04. The molecule has 1 aliphatic heterocycles. The van der Waals surface area contributed by atoms with Crippen molar-refractivity contribution >= 4 is 23.2 Å². The van der Waals surface area contributed by atoms with Crippen LogP contribution >= 0.6 is 11.6 Å². The van der Waals surface area contributed by atoms with Crippen LogP contribution in [0.4, 0.5) is 5.69 Å². The Bertz CT molecular complexity index is 698. The molecule has 0 aromatic heterocycles. The summed E-state index contributed by atoms with van der Waals surface area (Å²) in [5, 5.41) is 6.26. The van der Waals surface area contributed by atoms with Crippen molar-refractivity contribution in [2.75, 3.05) is 12.4 Å². The van der Waals surface area contributed by atoms with E-state index in [0.29, 0.717) is 16.5 Å². The summed E-state index contributed by atoms with van der Waals surface area (Å²) >= 11 is 6.27. The van der Waals surface area contributed by atoms with Crippen molar-refractivity contribution in [3.63, 3.8) is 0 Å². The number of hydrogen-bond acceptors (Lipinski definition) is 3. The molecule has 0 radical (unpaired) electrons. The van der Waals surface area contributed by atoms with Gasteiger partial charge in [0.2, 0.25) is 5.91 Å². The highest BCUT2D eigenvalue weighted by Gasteiger charge is 2.30. The molecule has 1 aliphatic rings. The van der Waals surface area contributed by atoms with Crippen LogP contribution in [0.5, 0.6) is 11.5 Å². The van der Waals surface area contributed by atoms with Crippen molar-refractivity contribution < 1.29 is 9.53 Å². The summed E-state index contributed by atoms with van der Waals surface area (Å²) in [5.74, 6) is 1.14. The molecule has 0 spiro atoms. The Morgan fingerprint density at radius 1 is 1.24 bits per heavy atom. The summed E-state index contributed by atoms with van der Waals surface area (Å²) in [6, 6.07) is 10.9. The highest BCUT2D eigenvalue weighted by atomic mass is 35.5. The molecule has 5 heteroatoms. The van der Waals surface area contributed by atoms with Crippen molar-refractivity contribution in [3.8, 4) is 11.5 Å². The van der Waals surface area contributed by atoms with Gasteiger partial charge in [-0.3, -0.25) is 4.79 Å². The molecule has 0 bridgehead atoms. The zero-order valence-electron chi connectivity index (χ0n) is 11.7. The van der Waals surface area contributed by atoms with E-state index in [1.54, 1.807) is 19.2 Å². The van der Waals surface area contributed by atoms with E-state index in [-0.39, 0.29) is 11.9 Å². The summed E-state index contributed by atoms with van der Waals surface area (Å²) in [6.45, 7) is 2.01. The van der Waals surface area contributed by atoms with E-state index in [9.17, 15) is 4.79 Å². The maximum atomic E-state index is 11.8. The van der Waals surface area contributed by atoms with Gasteiger partial charge in [0.1, 0.15) is 17.5 Å². The van der Waals surface area contributed by atoms with Crippen LogP contribution in [-0.4, -0.2) is 13.0 Å². The molecule has 1 amide bonds. The fourth-order valence-electron chi connectivity index (χ4n) is 2.36. The van der Waals surface area contributed by atoms with Gasteiger partial charge in [-0.25, -0.2) is 0 Å². The molecular weight excluding hydrogens is 288 g/mol. The lowest BCUT2D eigenvalue weighted by atomic mass is 10.1. The van der Waals surface area contributed by atoms with Gasteiger partial charge in [-0.2, -0.15) is 0 Å². The van der Waals surface area contributed by atoms with Crippen LogP contribution in [0.1, 0.15) is 17.2 Å². The summed E-state index contributed by atoms with van der Waals surface area (Å²) in [4.78, 5) is 11.8. The van der Waals surface area contributed by atoms with Crippen molar-refractivity contribution in [2.24, 2.45) is 0 Å². The molecule has 0 fully saturated rings. The Kier molecular flexibility index (Phi) is 3.57. The SMILES string of the molecule is CNC1C(=O)Nc2cc(Oc3ccc(C)cc3)c(Cl)cc21. The summed E-state index contributed by atoms with van der Waals surface area (Å²) in [5.41, 5.74) is 2.72. The molecule has 2 aromatic rings. The maximum absolute atomic E-state index is 11.8. The molecule has 2 aromatic carbocycles. The molecule has 1 unspecified atom stereocenters. The number of ether oxygens (including phenoxy) is 1. The van der Waals surface area contributed by atoms with E-state index in [2.05, 4.69) is 10.6 Å². The van der Waals surface area contributed by atoms with Crippen LogP contribution in [0.25, 0.3) is 0 Å². The molecule has 21 heavy (non-hydrogen) atoms. The monoisotopic (exact) mass is 302 g/mol. The minimum absolute atomic E-state index is 0.0870. The van der Waals surface area contributed by atoms with Gasteiger partial charge in [0.15, 0.2) is 0 Å². The second-order valence-corrected chi connectivity index (χ2v) is 5.40. The average molecular weight is 303 g/mol. The van der Waals surface area contributed by atoms with E-state index < -0.39 is 0 Å². The Morgan fingerprint density at radius 3 is 2.62 bits per heavy atom. The Balaban J connectivity index is 1.93. The van der Waals surface area contributed by atoms with E-state index in [0.717, 1.165) is 16.8 Å². The number of anilines is 1. The molecule has 4 nitrogen and oxygen atoms in total. The third kappa shape index (κ3) is 2.60. The number of benzene rings is 2. The zero-order valence-corrected chi connectivity index (χ0v) is 12.5. The molecule has 0 saturated carbocycles. The number of rotatable bonds is 3. The normalized spacial score (nSPS) is 16.5. The smallest absolute Gasteiger partial charge is 0.246 e. The summed E-state index contributed by atoms with van der Waals surface area (Å²) in [6.07, 6.45) is 0. The summed E-state index contributed by atoms with van der Waals surface area (Å²) < 4.78 is 5.79. The predicted molar refractivity (Wildman–Crippen MR) is 83.1 cm³/mol. The quantitative estimate of drug-likeness (QED) is 0.910. The number of carbonyl (C=O) groups is 1. The number of carbonyl (C=O) groups excluding carboxylic acids is 1. The average Bonchev–Trinajstić information content (AvgIpc) is 2.76. The minimum atomic E-state index is -0.370. The molecule has 1 atom stereocenters. The van der Waals surface area contributed by atoms with Gasteiger partial charge in [0.05, 0.1) is 5.02 Å². The van der Waals surface area contributed by atoms with Gasteiger partial charge in [-0.05, 0) is 32.2 Å². The zero-order chi connectivity index (χ0) is 15.0. The Labute approximate surface area is 128 Å². The van der Waals surface area contributed by atoms with Crippen LogP contribution in [0.2, 0.25) is 5.02 Å². The minimum Gasteiger partial charge on any atom is -0.456 e. The number of hydrogen-bond donors (Lipinski definition) is 2. The number of halogens is 1. The third-order valence-corrected chi connectivity index (χ3v) is 3.77. The predicted octanol–water partition coefficient (Wildman–Crippen LogP) is 3.65. The van der Waals surface area contributed by atoms with Gasteiger partial charge in [-0.15, -0.1) is 0 Å². The lowest BCUT2D eigenvalue weighted by Gasteiger charge is -2.11. The number of fused-ring (bicyclic) bond motifs is 1. The molecule has 2 N–H and O–H groups in total. The molecule has 0 saturated heterocycles. The number of nitrogens with one attached hydrogen (secondary N) is 2. The van der Waals surface area contributed by atoms with E-state index in [4.69, 9.17) is 16.3 Å². The molecule has 108 valence electrons. The van der Waals surface area contributed by atoms with Crippen LogP contribution < -0.4 is 15.4 Å². The van der Waals surface area contributed by atoms with E-state index in [1.807, 2.05) is 31.2 Å². The van der Waals surface area contributed by atoms with Gasteiger partial charge in [0.25, 0.3) is 0 Å². The highest BCUT2D eigenvalue weighted by Crippen LogP contribution is 2.40. The third-order valence-electron chi connectivity index (χ3n) is 3.47. The maximum Gasteiger partial charge on any atom is 0.246 e. The molecule has 0 aliphatic carbocycles. The topological polar surface area (TPSA) is 50.4 Å². The first-order chi connectivity index (χ1) is 10.1. The Morgan fingerprint density at radius 2 is 1.95 bits per heavy atom. The molecule has 3 rings (SSSR count). The van der Waals surface area contributed by atoms with Gasteiger partial charge in [-0.1, -0.05) is 29.3 Å². The number of aryl methyl sites for hydroxylation is 1. The largest absolute Gasteiger partial charge is 0.456 e. The van der Waals surface area contributed by atoms with Crippen LogP contribution in [0.15, 0.2) is 36.4 Å². The van der Waals surface area contributed by atoms with Crippen molar-refractivity contribution in [1.82, 2.24) is 5.32 Å². The van der Waals surface area contributed by atoms with Crippen molar-refractivity contribution in [1.29, 1.82) is 0 Å². The van der Waals surface area contributed by atoms with Crippen LogP contribution in [-0.2, 0) is 4.79 Å². The number of likely N-dealkylation sites (N-methyl/N-ethyl adjacent to an activating group) is 1.